The number of nitrogens with one attached hydrogen (secondary N) is 2. The van der Waals surface area contributed by atoms with Gasteiger partial charge in [0.25, 0.3) is 0 Å². The number of carbonyl (C=O) groups is 1. The lowest BCUT2D eigenvalue weighted by Crippen LogP contribution is -2.33. The molecule has 1 fully saturated rings. The molecule has 0 spiro atoms. The molecule has 88 valence electrons. The first-order valence-corrected chi connectivity index (χ1v) is 7.64. The summed E-state index contributed by atoms with van der Waals surface area (Å²) >= 11 is 3.98. The predicted molar refractivity (Wildman–Crippen MR) is 69.7 cm³/mol. The largest absolute Gasteiger partial charge is 0.355 e. The summed E-state index contributed by atoms with van der Waals surface area (Å²) in [5.74, 6) is 3.87. The van der Waals surface area contributed by atoms with Crippen molar-refractivity contribution in [3.63, 3.8) is 0 Å². The van der Waals surface area contributed by atoms with Crippen LogP contribution in [0.3, 0.4) is 0 Å². The van der Waals surface area contributed by atoms with Gasteiger partial charge in [0.1, 0.15) is 0 Å². The van der Waals surface area contributed by atoms with Crippen LogP contribution in [0.25, 0.3) is 0 Å². The zero-order valence-electron chi connectivity index (χ0n) is 9.25. The van der Waals surface area contributed by atoms with Gasteiger partial charge in [0.2, 0.25) is 5.91 Å². The van der Waals surface area contributed by atoms with Crippen molar-refractivity contribution in [2.24, 2.45) is 0 Å². The zero-order chi connectivity index (χ0) is 10.9. The summed E-state index contributed by atoms with van der Waals surface area (Å²) < 4.78 is 0. The lowest BCUT2D eigenvalue weighted by atomic mass is 10.3. The SMILES string of the molecule is CNCCCC(=O)NCC1CSCCS1. The predicted octanol–water partition coefficient (Wildman–Crippen LogP) is 0.951. The van der Waals surface area contributed by atoms with Crippen LogP contribution in [-0.2, 0) is 4.79 Å². The number of hydrogen-bond acceptors (Lipinski definition) is 4. The molecule has 15 heavy (non-hydrogen) atoms. The van der Waals surface area contributed by atoms with Crippen molar-refractivity contribution in [2.45, 2.75) is 18.1 Å². The van der Waals surface area contributed by atoms with Crippen LogP contribution in [0.5, 0.6) is 0 Å². The van der Waals surface area contributed by atoms with Gasteiger partial charge < -0.3 is 10.6 Å². The zero-order valence-corrected chi connectivity index (χ0v) is 10.9. The van der Waals surface area contributed by atoms with Crippen LogP contribution in [0.15, 0.2) is 0 Å². The Morgan fingerprint density at radius 2 is 2.33 bits per heavy atom. The summed E-state index contributed by atoms with van der Waals surface area (Å²) in [6.07, 6.45) is 1.57. The average molecular weight is 248 g/mol. The van der Waals surface area contributed by atoms with E-state index in [1.165, 1.54) is 17.3 Å². The molecule has 1 aliphatic rings. The van der Waals surface area contributed by atoms with Crippen LogP contribution in [0.4, 0.5) is 0 Å². The Bertz CT molecular complexity index is 184. The second kappa shape index (κ2) is 8.30. The van der Waals surface area contributed by atoms with Crippen molar-refractivity contribution >= 4 is 29.4 Å². The highest BCUT2D eigenvalue weighted by Gasteiger charge is 2.14. The van der Waals surface area contributed by atoms with Crippen molar-refractivity contribution in [2.75, 3.05) is 37.4 Å². The Morgan fingerprint density at radius 3 is 3.00 bits per heavy atom. The first-order chi connectivity index (χ1) is 7.33. The summed E-state index contributed by atoms with van der Waals surface area (Å²) in [6.45, 7) is 1.76. The molecule has 0 radical (unpaired) electrons. The van der Waals surface area contributed by atoms with E-state index in [9.17, 15) is 4.79 Å². The highest BCUT2D eigenvalue weighted by atomic mass is 32.2. The molecule has 5 heteroatoms. The van der Waals surface area contributed by atoms with Crippen LogP contribution in [0.2, 0.25) is 0 Å². The Morgan fingerprint density at radius 1 is 1.47 bits per heavy atom. The van der Waals surface area contributed by atoms with Crippen LogP contribution in [-0.4, -0.2) is 48.6 Å². The van der Waals surface area contributed by atoms with Crippen LogP contribution >= 0.6 is 23.5 Å². The Hall–Kier alpha value is 0.130. The fourth-order valence-electron chi connectivity index (χ4n) is 1.40. The van der Waals surface area contributed by atoms with Crippen LogP contribution < -0.4 is 10.6 Å². The van der Waals surface area contributed by atoms with Gasteiger partial charge in [-0.05, 0) is 20.0 Å². The average Bonchev–Trinajstić information content (AvgIpc) is 2.28. The molecule has 1 unspecified atom stereocenters. The van der Waals surface area contributed by atoms with Gasteiger partial charge in [-0.1, -0.05) is 0 Å². The number of carbonyl (C=O) groups excluding carboxylic acids is 1. The lowest BCUT2D eigenvalue weighted by Gasteiger charge is -2.21. The summed E-state index contributed by atoms with van der Waals surface area (Å²) in [5, 5.41) is 6.67. The molecule has 0 aromatic rings. The topological polar surface area (TPSA) is 41.1 Å². The fourth-order valence-corrected chi connectivity index (χ4v) is 4.01. The summed E-state index contributed by atoms with van der Waals surface area (Å²) in [6, 6.07) is 0. The van der Waals surface area contributed by atoms with Crippen LogP contribution in [0, 0.1) is 0 Å². The molecule has 1 aliphatic heterocycles. The normalized spacial score (nSPS) is 21.3. The minimum atomic E-state index is 0.196. The molecule has 0 aliphatic carbocycles. The first-order valence-electron chi connectivity index (χ1n) is 5.43. The van der Waals surface area contributed by atoms with Crippen molar-refractivity contribution in [3.8, 4) is 0 Å². The van der Waals surface area contributed by atoms with Gasteiger partial charge in [-0.25, -0.2) is 0 Å². The van der Waals surface area contributed by atoms with E-state index in [-0.39, 0.29) is 5.91 Å². The third-order valence-corrected chi connectivity index (χ3v) is 5.09. The number of rotatable bonds is 6. The van der Waals surface area contributed by atoms with E-state index in [4.69, 9.17) is 0 Å². The molecule has 1 saturated heterocycles. The lowest BCUT2D eigenvalue weighted by molar-refractivity contribution is -0.121. The molecule has 0 bridgehead atoms. The van der Waals surface area contributed by atoms with Gasteiger partial charge in [0.05, 0.1) is 0 Å². The maximum absolute atomic E-state index is 11.4. The molecule has 3 nitrogen and oxygen atoms in total. The Balaban J connectivity index is 2.00. The molecule has 0 saturated carbocycles. The molecule has 0 aromatic carbocycles. The first kappa shape index (κ1) is 13.2. The molecule has 1 rings (SSSR count). The van der Waals surface area contributed by atoms with Crippen molar-refractivity contribution < 1.29 is 4.79 Å². The van der Waals surface area contributed by atoms with E-state index >= 15 is 0 Å². The second-order valence-electron chi connectivity index (χ2n) is 3.58. The number of thioether (sulfide) groups is 2. The molecular weight excluding hydrogens is 228 g/mol. The second-order valence-corrected chi connectivity index (χ2v) is 6.14. The Kier molecular flexibility index (Phi) is 7.30. The van der Waals surface area contributed by atoms with E-state index in [0.717, 1.165) is 19.5 Å². The maximum atomic E-state index is 11.4. The molecular formula is C10H20N2OS2. The minimum absolute atomic E-state index is 0.196. The van der Waals surface area contributed by atoms with Gasteiger partial charge in [-0.3, -0.25) is 4.79 Å². The van der Waals surface area contributed by atoms with Crippen LogP contribution in [0.1, 0.15) is 12.8 Å². The maximum Gasteiger partial charge on any atom is 0.220 e. The smallest absolute Gasteiger partial charge is 0.220 e. The molecule has 1 heterocycles. The van der Waals surface area contributed by atoms with E-state index < -0.39 is 0 Å². The molecule has 1 amide bonds. The van der Waals surface area contributed by atoms with E-state index in [1.807, 2.05) is 30.6 Å². The standard InChI is InChI=1S/C10H20N2OS2/c1-11-4-2-3-10(13)12-7-9-8-14-5-6-15-9/h9,11H,2-8H2,1H3,(H,12,13). The van der Waals surface area contributed by atoms with Crippen molar-refractivity contribution in [3.05, 3.63) is 0 Å². The summed E-state index contributed by atoms with van der Waals surface area (Å²) in [4.78, 5) is 11.4. The highest BCUT2D eigenvalue weighted by Crippen LogP contribution is 2.23. The monoisotopic (exact) mass is 248 g/mol. The van der Waals surface area contributed by atoms with Gasteiger partial charge in [-0.2, -0.15) is 23.5 Å². The molecule has 1 atom stereocenters. The molecule has 0 aromatic heterocycles. The summed E-state index contributed by atoms with van der Waals surface area (Å²) in [5.41, 5.74) is 0. The van der Waals surface area contributed by atoms with E-state index in [1.54, 1.807) is 0 Å². The third kappa shape index (κ3) is 6.33. The fraction of sp³-hybridized carbons (Fsp3) is 0.900. The Labute approximate surface area is 101 Å². The number of hydrogen-bond donors (Lipinski definition) is 2. The van der Waals surface area contributed by atoms with Crippen molar-refractivity contribution in [1.29, 1.82) is 0 Å². The third-order valence-electron chi connectivity index (χ3n) is 2.24. The minimum Gasteiger partial charge on any atom is -0.355 e. The van der Waals surface area contributed by atoms with E-state index in [0.29, 0.717) is 11.7 Å². The molecule has 2 N–H and O–H groups in total. The van der Waals surface area contributed by atoms with Crippen molar-refractivity contribution in [1.82, 2.24) is 10.6 Å². The number of amides is 1. The van der Waals surface area contributed by atoms with Gasteiger partial charge in [0.15, 0.2) is 0 Å². The van der Waals surface area contributed by atoms with Gasteiger partial charge >= 0.3 is 0 Å². The summed E-state index contributed by atoms with van der Waals surface area (Å²) in [7, 11) is 1.91. The highest BCUT2D eigenvalue weighted by molar-refractivity contribution is 8.06. The van der Waals surface area contributed by atoms with Gasteiger partial charge in [-0.15, -0.1) is 0 Å². The quantitative estimate of drug-likeness (QED) is 0.687. The van der Waals surface area contributed by atoms with Gasteiger partial charge in [0, 0.05) is 35.5 Å². The van der Waals surface area contributed by atoms with E-state index in [2.05, 4.69) is 10.6 Å².